The van der Waals surface area contributed by atoms with Crippen molar-refractivity contribution in [1.82, 2.24) is 25.5 Å². The van der Waals surface area contributed by atoms with Crippen molar-refractivity contribution in [3.05, 3.63) is 30.1 Å². The van der Waals surface area contributed by atoms with Gasteiger partial charge in [-0.25, -0.2) is 4.68 Å². The number of rotatable bonds is 7. The first kappa shape index (κ1) is 15.9. The van der Waals surface area contributed by atoms with Gasteiger partial charge in [-0.1, -0.05) is 13.3 Å². The van der Waals surface area contributed by atoms with Gasteiger partial charge in [-0.2, -0.15) is 0 Å². The topological polar surface area (TPSA) is 84.7 Å². The Balaban J connectivity index is 1.91. The Hall–Kier alpha value is -2.44. The van der Waals surface area contributed by atoms with E-state index >= 15 is 0 Å². The van der Waals surface area contributed by atoms with Gasteiger partial charge >= 0.3 is 0 Å². The number of hydrogen-bond donors (Lipinski definition) is 2. The smallest absolute Gasteiger partial charge is 0.239 e. The molecular weight excluding hydrogens is 280 g/mol. The Kier molecular flexibility index (Phi) is 5.46. The van der Waals surface area contributed by atoms with E-state index in [1.807, 2.05) is 32.0 Å². The predicted octanol–water partition coefficient (Wildman–Crippen LogP) is 1.69. The van der Waals surface area contributed by atoms with Crippen LogP contribution in [0.3, 0.4) is 0 Å². The number of tetrazole rings is 1. The van der Waals surface area contributed by atoms with Crippen molar-refractivity contribution in [1.29, 1.82) is 0 Å². The van der Waals surface area contributed by atoms with Gasteiger partial charge in [0.05, 0.1) is 12.2 Å². The van der Waals surface area contributed by atoms with Crippen LogP contribution in [-0.2, 0) is 4.79 Å². The van der Waals surface area contributed by atoms with Crippen LogP contribution in [0.25, 0.3) is 5.69 Å². The van der Waals surface area contributed by atoms with Gasteiger partial charge in [0.25, 0.3) is 0 Å². The maximum atomic E-state index is 11.8. The van der Waals surface area contributed by atoms with Crippen molar-refractivity contribution in [2.75, 3.05) is 11.9 Å². The molecule has 1 atom stereocenters. The summed E-state index contributed by atoms with van der Waals surface area (Å²) >= 11 is 0. The van der Waals surface area contributed by atoms with E-state index in [9.17, 15) is 4.79 Å². The van der Waals surface area contributed by atoms with E-state index in [-0.39, 0.29) is 18.5 Å². The molecule has 0 fully saturated rings. The highest BCUT2D eigenvalue weighted by Crippen LogP contribution is 2.17. The van der Waals surface area contributed by atoms with Gasteiger partial charge in [0.2, 0.25) is 5.91 Å². The summed E-state index contributed by atoms with van der Waals surface area (Å²) in [6.07, 6.45) is 3.61. The molecule has 1 amide bonds. The van der Waals surface area contributed by atoms with Gasteiger partial charge in [-0.15, -0.1) is 5.10 Å². The molecule has 2 rings (SSSR count). The summed E-state index contributed by atoms with van der Waals surface area (Å²) in [4.78, 5) is 11.8. The first-order chi connectivity index (χ1) is 10.6. The van der Waals surface area contributed by atoms with Crippen molar-refractivity contribution in [3.63, 3.8) is 0 Å². The zero-order valence-corrected chi connectivity index (χ0v) is 13.2. The van der Waals surface area contributed by atoms with E-state index in [4.69, 9.17) is 0 Å². The zero-order valence-electron chi connectivity index (χ0n) is 13.2. The number of aromatic nitrogens is 4. The summed E-state index contributed by atoms with van der Waals surface area (Å²) in [5.41, 5.74) is 2.83. The molecule has 1 aromatic carbocycles. The number of nitrogens with zero attached hydrogens (tertiary/aromatic N) is 4. The standard InChI is InChI=1S/C15H22N6O/c1-4-5-12(3)18-15(22)9-16-13-6-7-14(11(2)8-13)21-10-17-19-20-21/h6-8,10,12,16H,4-5,9H2,1-3H3,(H,18,22). The van der Waals surface area contributed by atoms with Gasteiger partial charge in [0, 0.05) is 11.7 Å². The van der Waals surface area contributed by atoms with Crippen molar-refractivity contribution in [2.45, 2.75) is 39.7 Å². The Morgan fingerprint density at radius 2 is 2.23 bits per heavy atom. The second-order valence-electron chi connectivity index (χ2n) is 5.37. The molecule has 1 heterocycles. The van der Waals surface area contributed by atoms with Crippen LogP contribution < -0.4 is 10.6 Å². The number of benzene rings is 1. The highest BCUT2D eigenvalue weighted by Gasteiger charge is 2.07. The minimum Gasteiger partial charge on any atom is -0.376 e. The van der Waals surface area contributed by atoms with Crippen LogP contribution in [-0.4, -0.2) is 38.7 Å². The lowest BCUT2D eigenvalue weighted by molar-refractivity contribution is -0.120. The number of carbonyl (C=O) groups is 1. The fraction of sp³-hybridized carbons (Fsp3) is 0.467. The molecule has 7 nitrogen and oxygen atoms in total. The minimum atomic E-state index is 0.00292. The maximum Gasteiger partial charge on any atom is 0.239 e. The average molecular weight is 302 g/mol. The van der Waals surface area contributed by atoms with Crippen LogP contribution in [0.4, 0.5) is 5.69 Å². The van der Waals surface area contributed by atoms with Gasteiger partial charge in [-0.05, 0) is 54.5 Å². The number of hydrogen-bond acceptors (Lipinski definition) is 5. The predicted molar refractivity (Wildman–Crippen MR) is 84.9 cm³/mol. The van der Waals surface area contributed by atoms with E-state index in [1.165, 1.54) is 0 Å². The molecule has 22 heavy (non-hydrogen) atoms. The lowest BCUT2D eigenvalue weighted by atomic mass is 10.1. The third kappa shape index (κ3) is 4.28. The van der Waals surface area contributed by atoms with Crippen molar-refractivity contribution in [3.8, 4) is 5.69 Å². The molecule has 2 aromatic rings. The first-order valence-corrected chi connectivity index (χ1v) is 7.47. The number of amides is 1. The van der Waals surface area contributed by atoms with E-state index in [1.54, 1.807) is 11.0 Å². The molecule has 0 aliphatic carbocycles. The molecule has 1 aromatic heterocycles. The SMILES string of the molecule is CCCC(C)NC(=O)CNc1ccc(-n2cnnn2)c(C)c1. The molecule has 0 radical (unpaired) electrons. The fourth-order valence-electron chi connectivity index (χ4n) is 2.31. The molecule has 118 valence electrons. The molecule has 0 bridgehead atoms. The number of anilines is 1. The summed E-state index contributed by atoms with van der Waals surface area (Å²) in [5.74, 6) is 0.00292. The van der Waals surface area contributed by atoms with Crippen LogP contribution >= 0.6 is 0 Å². The minimum absolute atomic E-state index is 0.00292. The van der Waals surface area contributed by atoms with Crippen molar-refractivity contribution < 1.29 is 4.79 Å². The van der Waals surface area contributed by atoms with Crippen LogP contribution in [0.5, 0.6) is 0 Å². The van der Waals surface area contributed by atoms with Crippen LogP contribution in [0.15, 0.2) is 24.5 Å². The Labute approximate surface area is 130 Å². The lowest BCUT2D eigenvalue weighted by Gasteiger charge is -2.14. The fourth-order valence-corrected chi connectivity index (χ4v) is 2.31. The molecule has 1 unspecified atom stereocenters. The van der Waals surface area contributed by atoms with Crippen molar-refractivity contribution in [2.24, 2.45) is 0 Å². The number of nitrogens with one attached hydrogen (secondary N) is 2. The Morgan fingerprint density at radius 3 is 2.86 bits per heavy atom. The molecule has 0 saturated carbocycles. The number of aryl methyl sites for hydroxylation is 1. The second-order valence-corrected chi connectivity index (χ2v) is 5.37. The molecule has 0 saturated heterocycles. The third-order valence-electron chi connectivity index (χ3n) is 3.37. The van der Waals surface area contributed by atoms with Crippen LogP contribution in [0.2, 0.25) is 0 Å². The second kappa shape index (κ2) is 7.53. The normalized spacial score (nSPS) is 12.0. The molecule has 2 N–H and O–H groups in total. The van der Waals surface area contributed by atoms with Crippen LogP contribution in [0, 0.1) is 6.92 Å². The molecule has 7 heteroatoms. The quantitative estimate of drug-likeness (QED) is 0.813. The third-order valence-corrected chi connectivity index (χ3v) is 3.37. The maximum absolute atomic E-state index is 11.8. The summed E-state index contributed by atoms with van der Waals surface area (Å²) in [7, 11) is 0. The van der Waals surface area contributed by atoms with Gasteiger partial charge in [-0.3, -0.25) is 4.79 Å². The van der Waals surface area contributed by atoms with E-state index in [2.05, 4.69) is 33.1 Å². The highest BCUT2D eigenvalue weighted by molar-refractivity contribution is 5.81. The Morgan fingerprint density at radius 1 is 1.41 bits per heavy atom. The summed E-state index contributed by atoms with van der Waals surface area (Å²) in [6, 6.07) is 6.02. The summed E-state index contributed by atoms with van der Waals surface area (Å²) in [5, 5.41) is 17.2. The van der Waals surface area contributed by atoms with Gasteiger partial charge in [0.1, 0.15) is 6.33 Å². The molecule has 0 aliphatic rings. The van der Waals surface area contributed by atoms with Crippen molar-refractivity contribution >= 4 is 11.6 Å². The van der Waals surface area contributed by atoms with Crippen LogP contribution in [0.1, 0.15) is 32.3 Å². The van der Waals surface area contributed by atoms with E-state index in [0.29, 0.717) is 0 Å². The van der Waals surface area contributed by atoms with E-state index in [0.717, 1.165) is 29.8 Å². The molecular formula is C15H22N6O. The summed E-state index contributed by atoms with van der Waals surface area (Å²) < 4.78 is 1.61. The van der Waals surface area contributed by atoms with Gasteiger partial charge < -0.3 is 10.6 Å². The zero-order chi connectivity index (χ0) is 15.9. The van der Waals surface area contributed by atoms with E-state index < -0.39 is 0 Å². The molecule has 0 spiro atoms. The molecule has 0 aliphatic heterocycles. The average Bonchev–Trinajstić information content (AvgIpc) is 2.99. The Bertz CT molecular complexity index is 611. The largest absolute Gasteiger partial charge is 0.376 e. The highest BCUT2D eigenvalue weighted by atomic mass is 16.1. The lowest BCUT2D eigenvalue weighted by Crippen LogP contribution is -2.36. The first-order valence-electron chi connectivity index (χ1n) is 7.47. The van der Waals surface area contributed by atoms with Gasteiger partial charge in [0.15, 0.2) is 0 Å². The monoisotopic (exact) mass is 302 g/mol. The summed E-state index contributed by atoms with van der Waals surface area (Å²) in [6.45, 7) is 6.37. The number of carbonyl (C=O) groups excluding carboxylic acids is 1.